The first-order chi connectivity index (χ1) is 15.1. The molecule has 0 fully saturated rings. The molecule has 9 nitrogen and oxygen atoms in total. The van der Waals surface area contributed by atoms with E-state index in [1.807, 2.05) is 11.5 Å². The fraction of sp³-hybridized carbons (Fsp3) is 0.381. The number of esters is 1. The molecule has 0 aliphatic heterocycles. The van der Waals surface area contributed by atoms with Crippen molar-refractivity contribution in [2.45, 2.75) is 50.7 Å². The summed E-state index contributed by atoms with van der Waals surface area (Å²) in [7, 11) is -3.84. The maximum atomic E-state index is 13.0. The molecule has 0 unspecified atom stereocenters. The Morgan fingerprint density at radius 3 is 2.59 bits per heavy atom. The molecule has 11 heteroatoms. The average molecular weight is 479 g/mol. The summed E-state index contributed by atoms with van der Waals surface area (Å²) >= 11 is 1.27. The number of nitrogens with two attached hydrogens (primary N) is 1. The van der Waals surface area contributed by atoms with Crippen LogP contribution < -0.4 is 5.14 Å². The number of aryl methyl sites for hydroxylation is 2. The molecular formula is C21H26N4O5S2. The number of carbonyl (C=O) groups excluding carboxylic acids is 2. The molecule has 0 aliphatic rings. The number of fused-ring (bicyclic) bond motifs is 1. The lowest BCUT2D eigenvalue weighted by Crippen LogP contribution is -2.11. The first kappa shape index (κ1) is 24.0. The molecule has 0 atom stereocenters. The molecule has 3 aromatic rings. The van der Waals surface area contributed by atoms with Crippen LogP contribution in [0.25, 0.3) is 11.0 Å². The Morgan fingerprint density at radius 1 is 1.25 bits per heavy atom. The smallest absolute Gasteiger partial charge is 0.355 e. The number of primary sulfonamides is 1. The number of benzene rings is 1. The number of carbonyl (C=O) groups is 2. The number of ether oxygens (including phenoxy) is 1. The van der Waals surface area contributed by atoms with Crippen molar-refractivity contribution in [2.24, 2.45) is 5.14 Å². The van der Waals surface area contributed by atoms with E-state index < -0.39 is 16.0 Å². The van der Waals surface area contributed by atoms with E-state index in [9.17, 15) is 18.0 Å². The number of aromatic amines is 1. The van der Waals surface area contributed by atoms with Crippen LogP contribution in [0.5, 0.6) is 0 Å². The number of ketones is 1. The molecule has 0 bridgehead atoms. The standard InChI is InChI=1S/C21H26N4O5S2/c1-5-9-25-16-8-7-14(32(22,28)29)10-15(16)24-21(25)31-11-17(26)18-12(3)19(23-13(18)4)20(27)30-6-2/h7-8,10,23H,5-6,9,11H2,1-4H3,(H2,22,28,29). The van der Waals surface area contributed by atoms with Gasteiger partial charge in [-0.15, -0.1) is 0 Å². The Balaban J connectivity index is 1.89. The number of aromatic nitrogens is 3. The highest BCUT2D eigenvalue weighted by atomic mass is 32.2. The summed E-state index contributed by atoms with van der Waals surface area (Å²) in [6.45, 7) is 8.12. The lowest BCUT2D eigenvalue weighted by atomic mass is 10.1. The number of H-pyrrole nitrogens is 1. The van der Waals surface area contributed by atoms with Crippen molar-refractivity contribution < 1.29 is 22.7 Å². The minimum absolute atomic E-state index is 0.0103. The van der Waals surface area contributed by atoms with Crippen molar-refractivity contribution >= 4 is 44.6 Å². The fourth-order valence-electron chi connectivity index (χ4n) is 3.59. The number of nitrogens with one attached hydrogen (secondary N) is 1. The van der Waals surface area contributed by atoms with Gasteiger partial charge in [0.1, 0.15) is 5.69 Å². The van der Waals surface area contributed by atoms with Crippen molar-refractivity contribution in [3.8, 4) is 0 Å². The summed E-state index contributed by atoms with van der Waals surface area (Å²) in [5.74, 6) is -0.524. The Labute approximate surface area is 190 Å². The third kappa shape index (κ3) is 4.74. The predicted octanol–water partition coefficient (Wildman–Crippen LogP) is 3.19. The quantitative estimate of drug-likeness (QED) is 0.274. The molecular weight excluding hydrogens is 452 g/mol. The van der Waals surface area contributed by atoms with E-state index in [-0.39, 0.29) is 28.7 Å². The zero-order valence-electron chi connectivity index (χ0n) is 18.4. The summed E-state index contributed by atoms with van der Waals surface area (Å²) in [5, 5.41) is 5.85. The van der Waals surface area contributed by atoms with Gasteiger partial charge in [0.05, 0.1) is 28.3 Å². The summed E-state index contributed by atoms with van der Waals surface area (Å²) in [6.07, 6.45) is 0.836. The van der Waals surface area contributed by atoms with Crippen LogP contribution in [0.15, 0.2) is 28.3 Å². The van der Waals surface area contributed by atoms with Crippen LogP contribution in [0.3, 0.4) is 0 Å². The van der Waals surface area contributed by atoms with E-state index in [1.165, 1.54) is 23.9 Å². The van der Waals surface area contributed by atoms with Crippen LogP contribution in [-0.2, 0) is 21.3 Å². The number of hydrogen-bond acceptors (Lipinski definition) is 7. The zero-order valence-corrected chi connectivity index (χ0v) is 20.0. The number of imidazole rings is 1. The van der Waals surface area contributed by atoms with Gasteiger partial charge in [0.2, 0.25) is 10.0 Å². The summed E-state index contributed by atoms with van der Waals surface area (Å²) in [4.78, 5) is 32.6. The zero-order chi connectivity index (χ0) is 23.6. The second kappa shape index (κ2) is 9.47. The highest BCUT2D eigenvalue weighted by Gasteiger charge is 2.23. The van der Waals surface area contributed by atoms with Crippen LogP contribution >= 0.6 is 11.8 Å². The number of sulfonamides is 1. The van der Waals surface area contributed by atoms with E-state index >= 15 is 0 Å². The lowest BCUT2D eigenvalue weighted by Gasteiger charge is -2.07. The topological polar surface area (TPSA) is 137 Å². The van der Waals surface area contributed by atoms with Gasteiger partial charge in [0, 0.05) is 17.8 Å². The van der Waals surface area contributed by atoms with Gasteiger partial charge in [-0.25, -0.2) is 23.3 Å². The van der Waals surface area contributed by atoms with E-state index in [0.29, 0.717) is 34.0 Å². The number of nitrogens with zero attached hydrogens (tertiary/aromatic N) is 2. The summed E-state index contributed by atoms with van der Waals surface area (Å²) < 4.78 is 30.4. The Hall–Kier alpha value is -2.63. The Morgan fingerprint density at radius 2 is 1.97 bits per heavy atom. The molecule has 0 saturated heterocycles. The van der Waals surface area contributed by atoms with E-state index in [4.69, 9.17) is 9.88 Å². The molecule has 0 radical (unpaired) electrons. The minimum Gasteiger partial charge on any atom is -0.461 e. The van der Waals surface area contributed by atoms with Gasteiger partial charge in [-0.1, -0.05) is 18.7 Å². The van der Waals surface area contributed by atoms with E-state index in [1.54, 1.807) is 26.8 Å². The Bertz CT molecular complexity index is 1290. The van der Waals surface area contributed by atoms with Gasteiger partial charge < -0.3 is 14.3 Å². The van der Waals surface area contributed by atoms with Gasteiger partial charge in [-0.2, -0.15) is 0 Å². The largest absolute Gasteiger partial charge is 0.461 e. The lowest BCUT2D eigenvalue weighted by molar-refractivity contribution is 0.0519. The molecule has 32 heavy (non-hydrogen) atoms. The molecule has 0 aliphatic carbocycles. The first-order valence-electron chi connectivity index (χ1n) is 10.1. The van der Waals surface area contributed by atoms with Gasteiger partial charge in [-0.3, -0.25) is 4.79 Å². The summed E-state index contributed by atoms with van der Waals surface area (Å²) in [6, 6.07) is 4.57. The van der Waals surface area contributed by atoms with E-state index in [0.717, 1.165) is 11.9 Å². The fourth-order valence-corrected chi connectivity index (χ4v) is 5.04. The third-order valence-corrected chi connectivity index (χ3v) is 6.88. The normalized spacial score (nSPS) is 11.8. The molecule has 0 spiro atoms. The second-order valence-electron chi connectivity index (χ2n) is 7.30. The summed E-state index contributed by atoms with van der Waals surface area (Å²) in [5.41, 5.74) is 3.19. The SMILES string of the molecule is CCCn1c(SCC(=O)c2c(C)[nH]c(C(=O)OCC)c2C)nc2cc(S(N)(=O)=O)ccc21. The van der Waals surface area contributed by atoms with Crippen molar-refractivity contribution in [1.29, 1.82) is 0 Å². The van der Waals surface area contributed by atoms with Crippen LogP contribution in [0.1, 0.15) is 52.4 Å². The van der Waals surface area contributed by atoms with Crippen molar-refractivity contribution in [3.05, 3.63) is 40.7 Å². The van der Waals surface area contributed by atoms with Crippen molar-refractivity contribution in [1.82, 2.24) is 14.5 Å². The number of hydrogen-bond donors (Lipinski definition) is 2. The van der Waals surface area contributed by atoms with Crippen molar-refractivity contribution in [3.63, 3.8) is 0 Å². The highest BCUT2D eigenvalue weighted by molar-refractivity contribution is 7.99. The molecule has 2 aromatic heterocycles. The average Bonchev–Trinajstić information content (AvgIpc) is 3.22. The number of thioether (sulfide) groups is 1. The molecule has 3 N–H and O–H groups in total. The molecule has 1 aromatic carbocycles. The number of Topliss-reactive ketones (excluding diaryl/α,β-unsaturated/α-hetero) is 1. The maximum Gasteiger partial charge on any atom is 0.355 e. The maximum absolute atomic E-state index is 13.0. The molecule has 172 valence electrons. The molecule has 0 amide bonds. The molecule has 3 rings (SSSR count). The third-order valence-electron chi connectivity index (χ3n) is 4.99. The van der Waals surface area contributed by atoms with Gasteiger partial charge in [-0.05, 0) is 51.0 Å². The van der Waals surface area contributed by atoms with Crippen LogP contribution in [0.2, 0.25) is 0 Å². The van der Waals surface area contributed by atoms with Crippen LogP contribution in [0, 0.1) is 13.8 Å². The van der Waals surface area contributed by atoms with E-state index in [2.05, 4.69) is 9.97 Å². The first-order valence-corrected chi connectivity index (χ1v) is 12.7. The Kier molecular flexibility index (Phi) is 7.11. The van der Waals surface area contributed by atoms with Crippen LogP contribution in [0.4, 0.5) is 0 Å². The van der Waals surface area contributed by atoms with Gasteiger partial charge in [0.15, 0.2) is 10.9 Å². The highest BCUT2D eigenvalue weighted by Crippen LogP contribution is 2.28. The second-order valence-corrected chi connectivity index (χ2v) is 9.80. The predicted molar refractivity (Wildman–Crippen MR) is 123 cm³/mol. The molecule has 2 heterocycles. The van der Waals surface area contributed by atoms with Gasteiger partial charge >= 0.3 is 5.97 Å². The number of rotatable bonds is 9. The monoisotopic (exact) mass is 478 g/mol. The van der Waals surface area contributed by atoms with Gasteiger partial charge in [0.25, 0.3) is 0 Å². The van der Waals surface area contributed by atoms with Crippen LogP contribution in [-0.4, -0.2) is 47.1 Å². The minimum atomic E-state index is -3.84. The van der Waals surface area contributed by atoms with Crippen molar-refractivity contribution in [2.75, 3.05) is 12.4 Å². The molecule has 0 saturated carbocycles.